The maximum absolute atomic E-state index is 14.3. The first-order chi connectivity index (χ1) is 9.58. The topological polar surface area (TPSA) is 73.3 Å². The van der Waals surface area contributed by atoms with Gasteiger partial charge in [-0.15, -0.1) is 0 Å². The van der Waals surface area contributed by atoms with Crippen LogP contribution in [0.3, 0.4) is 0 Å². The molecule has 0 amide bonds. The second kappa shape index (κ2) is 5.85. The summed E-state index contributed by atoms with van der Waals surface area (Å²) in [5, 5.41) is 0. The third kappa shape index (κ3) is 2.56. The molecule has 1 unspecified atom stereocenters. The summed E-state index contributed by atoms with van der Waals surface area (Å²) >= 11 is 0. The SMILES string of the molecule is COc1cccc(C(NN)c2cc(F)ccc2N)c1F. The Hall–Kier alpha value is -2.18. The first-order valence-corrected chi connectivity index (χ1v) is 5.92. The van der Waals surface area contributed by atoms with Crippen LogP contribution in [0.2, 0.25) is 0 Å². The van der Waals surface area contributed by atoms with E-state index in [0.717, 1.165) is 0 Å². The largest absolute Gasteiger partial charge is 0.494 e. The van der Waals surface area contributed by atoms with Crippen molar-refractivity contribution in [1.29, 1.82) is 0 Å². The highest BCUT2D eigenvalue weighted by Crippen LogP contribution is 2.31. The number of anilines is 1. The molecule has 4 nitrogen and oxygen atoms in total. The molecule has 6 heteroatoms. The van der Waals surface area contributed by atoms with E-state index in [2.05, 4.69) is 5.43 Å². The molecule has 0 heterocycles. The number of rotatable bonds is 4. The van der Waals surface area contributed by atoms with Crippen LogP contribution in [0.5, 0.6) is 5.75 Å². The first-order valence-electron chi connectivity index (χ1n) is 5.92. The van der Waals surface area contributed by atoms with Crippen molar-refractivity contribution in [3.63, 3.8) is 0 Å². The molecular weight excluding hydrogens is 264 g/mol. The van der Waals surface area contributed by atoms with Crippen molar-refractivity contribution < 1.29 is 13.5 Å². The average Bonchev–Trinajstić information content (AvgIpc) is 2.45. The molecule has 0 saturated heterocycles. The van der Waals surface area contributed by atoms with Crippen molar-refractivity contribution >= 4 is 5.69 Å². The van der Waals surface area contributed by atoms with Gasteiger partial charge in [0.25, 0.3) is 0 Å². The normalized spacial score (nSPS) is 12.2. The summed E-state index contributed by atoms with van der Waals surface area (Å²) in [6, 6.07) is 7.73. The van der Waals surface area contributed by atoms with Crippen LogP contribution in [0, 0.1) is 11.6 Å². The lowest BCUT2D eigenvalue weighted by Gasteiger charge is -2.20. The van der Waals surface area contributed by atoms with E-state index in [9.17, 15) is 8.78 Å². The van der Waals surface area contributed by atoms with Gasteiger partial charge in [-0.2, -0.15) is 0 Å². The summed E-state index contributed by atoms with van der Waals surface area (Å²) in [5.41, 5.74) is 9.16. The number of nitrogen functional groups attached to an aromatic ring is 1. The molecule has 0 saturated carbocycles. The van der Waals surface area contributed by atoms with Crippen molar-refractivity contribution in [3.05, 3.63) is 59.2 Å². The van der Waals surface area contributed by atoms with E-state index in [-0.39, 0.29) is 11.3 Å². The van der Waals surface area contributed by atoms with E-state index in [4.69, 9.17) is 16.3 Å². The summed E-state index contributed by atoms with van der Waals surface area (Å²) < 4.78 is 32.6. The quantitative estimate of drug-likeness (QED) is 0.455. The third-order valence-electron chi connectivity index (χ3n) is 3.05. The second-order valence-corrected chi connectivity index (χ2v) is 4.24. The van der Waals surface area contributed by atoms with Crippen molar-refractivity contribution in [3.8, 4) is 5.75 Å². The summed E-state index contributed by atoms with van der Waals surface area (Å²) in [5.74, 6) is 4.52. The van der Waals surface area contributed by atoms with E-state index >= 15 is 0 Å². The van der Waals surface area contributed by atoms with Gasteiger partial charge >= 0.3 is 0 Å². The lowest BCUT2D eigenvalue weighted by Crippen LogP contribution is -2.30. The van der Waals surface area contributed by atoms with Crippen molar-refractivity contribution in [2.24, 2.45) is 5.84 Å². The number of hydrazine groups is 1. The van der Waals surface area contributed by atoms with Crippen LogP contribution >= 0.6 is 0 Å². The second-order valence-electron chi connectivity index (χ2n) is 4.24. The van der Waals surface area contributed by atoms with Gasteiger partial charge in [-0.1, -0.05) is 12.1 Å². The molecule has 0 radical (unpaired) electrons. The number of methoxy groups -OCH3 is 1. The molecular formula is C14H15F2N3O. The Morgan fingerprint density at radius 3 is 2.55 bits per heavy atom. The minimum Gasteiger partial charge on any atom is -0.494 e. The Morgan fingerprint density at radius 2 is 1.90 bits per heavy atom. The summed E-state index contributed by atoms with van der Waals surface area (Å²) in [6.07, 6.45) is 0. The van der Waals surface area contributed by atoms with Gasteiger partial charge in [0.15, 0.2) is 11.6 Å². The van der Waals surface area contributed by atoms with Crippen molar-refractivity contribution in [1.82, 2.24) is 5.43 Å². The smallest absolute Gasteiger partial charge is 0.170 e. The molecule has 1 atom stereocenters. The maximum Gasteiger partial charge on any atom is 0.170 e. The van der Waals surface area contributed by atoms with E-state index in [1.54, 1.807) is 6.07 Å². The van der Waals surface area contributed by atoms with Crippen LogP contribution < -0.4 is 21.7 Å². The number of halogens is 2. The van der Waals surface area contributed by atoms with Gasteiger partial charge in [-0.05, 0) is 24.3 Å². The Bertz CT molecular complexity index is 619. The van der Waals surface area contributed by atoms with Crippen LogP contribution in [0.25, 0.3) is 0 Å². The van der Waals surface area contributed by atoms with Gasteiger partial charge < -0.3 is 10.5 Å². The highest BCUT2D eigenvalue weighted by atomic mass is 19.1. The van der Waals surface area contributed by atoms with Crippen LogP contribution in [-0.2, 0) is 0 Å². The van der Waals surface area contributed by atoms with Crippen LogP contribution in [0.15, 0.2) is 36.4 Å². The molecule has 5 N–H and O–H groups in total. The third-order valence-corrected chi connectivity index (χ3v) is 3.05. The number of benzene rings is 2. The molecule has 2 aromatic carbocycles. The Kier molecular flexibility index (Phi) is 4.16. The fourth-order valence-electron chi connectivity index (χ4n) is 2.05. The number of ether oxygens (including phenoxy) is 1. The van der Waals surface area contributed by atoms with Gasteiger partial charge in [0, 0.05) is 16.8 Å². The highest BCUT2D eigenvalue weighted by molar-refractivity contribution is 5.52. The van der Waals surface area contributed by atoms with E-state index < -0.39 is 17.7 Å². The highest BCUT2D eigenvalue weighted by Gasteiger charge is 2.21. The van der Waals surface area contributed by atoms with Crippen molar-refractivity contribution in [2.75, 3.05) is 12.8 Å². The molecule has 2 rings (SSSR count). The minimum atomic E-state index is -0.777. The fraction of sp³-hybridized carbons (Fsp3) is 0.143. The van der Waals surface area contributed by atoms with Crippen LogP contribution in [0.1, 0.15) is 17.2 Å². The number of hydrogen-bond donors (Lipinski definition) is 3. The standard InChI is InChI=1S/C14H15F2N3O/c1-20-12-4-2-3-9(13(12)16)14(19-18)10-7-8(15)5-6-11(10)17/h2-7,14,19H,17-18H2,1H3. The first kappa shape index (κ1) is 14.2. The molecule has 0 fully saturated rings. The van der Waals surface area contributed by atoms with Gasteiger partial charge in [0.05, 0.1) is 13.2 Å². The summed E-state index contributed by atoms with van der Waals surface area (Å²) in [6.45, 7) is 0. The molecule has 0 spiro atoms. The van der Waals surface area contributed by atoms with E-state index in [1.165, 1.54) is 37.4 Å². The molecule has 0 aromatic heterocycles. The average molecular weight is 279 g/mol. The predicted molar refractivity (Wildman–Crippen MR) is 72.9 cm³/mol. The Balaban J connectivity index is 2.55. The number of nitrogens with two attached hydrogens (primary N) is 2. The Morgan fingerprint density at radius 1 is 1.15 bits per heavy atom. The monoisotopic (exact) mass is 279 g/mol. The van der Waals surface area contributed by atoms with E-state index in [1.807, 2.05) is 0 Å². The molecule has 0 aliphatic carbocycles. The zero-order valence-electron chi connectivity index (χ0n) is 10.9. The zero-order chi connectivity index (χ0) is 14.7. The predicted octanol–water partition coefficient (Wildman–Crippen LogP) is 2.11. The maximum atomic E-state index is 14.3. The number of hydrogen-bond acceptors (Lipinski definition) is 4. The summed E-state index contributed by atoms with van der Waals surface area (Å²) in [7, 11) is 1.36. The minimum absolute atomic E-state index is 0.0812. The lowest BCUT2D eigenvalue weighted by atomic mass is 9.97. The van der Waals surface area contributed by atoms with Gasteiger partial charge in [-0.3, -0.25) is 5.84 Å². The molecule has 2 aromatic rings. The van der Waals surface area contributed by atoms with Gasteiger partial charge in [0.1, 0.15) is 5.82 Å². The summed E-state index contributed by atoms with van der Waals surface area (Å²) in [4.78, 5) is 0. The Labute approximate surface area is 115 Å². The molecule has 0 aliphatic rings. The molecule has 20 heavy (non-hydrogen) atoms. The lowest BCUT2D eigenvalue weighted by molar-refractivity contribution is 0.381. The molecule has 0 bridgehead atoms. The zero-order valence-corrected chi connectivity index (χ0v) is 10.9. The van der Waals surface area contributed by atoms with Gasteiger partial charge in [-0.25, -0.2) is 14.2 Å². The van der Waals surface area contributed by atoms with Crippen molar-refractivity contribution in [2.45, 2.75) is 6.04 Å². The van der Waals surface area contributed by atoms with Crippen LogP contribution in [-0.4, -0.2) is 7.11 Å². The van der Waals surface area contributed by atoms with E-state index in [0.29, 0.717) is 11.3 Å². The fourth-order valence-corrected chi connectivity index (χ4v) is 2.05. The van der Waals surface area contributed by atoms with Gasteiger partial charge in [0.2, 0.25) is 0 Å². The molecule has 0 aliphatic heterocycles. The molecule has 106 valence electrons. The number of nitrogens with one attached hydrogen (secondary N) is 1. The van der Waals surface area contributed by atoms with Crippen LogP contribution in [0.4, 0.5) is 14.5 Å².